The predicted molar refractivity (Wildman–Crippen MR) is 120 cm³/mol. The molecule has 8 heteroatoms. The molecule has 4 rings (SSSR count). The standard InChI is InChI=1S/C23H17ClN4O2S/c24-19-10-6-17(7-11-19)22-21(14-25)28(15-16-4-2-1-3-5-16)27-23(22)18-8-12-20(13-9-18)31(26,29)30/h1-13H,15H2,(H2,26,29,30). The van der Waals surface area contributed by atoms with Gasteiger partial charge in [-0.15, -0.1) is 0 Å². The van der Waals surface area contributed by atoms with Crippen LogP contribution in [0.25, 0.3) is 22.4 Å². The van der Waals surface area contributed by atoms with E-state index in [1.807, 2.05) is 42.5 Å². The SMILES string of the molecule is N#Cc1c(-c2ccc(Cl)cc2)c(-c2ccc(S(N)(=O)=O)cc2)nn1Cc1ccccc1. The van der Waals surface area contributed by atoms with Crippen LogP contribution in [0.15, 0.2) is 83.8 Å². The third kappa shape index (κ3) is 4.37. The summed E-state index contributed by atoms with van der Waals surface area (Å²) in [6, 6.07) is 25.3. The van der Waals surface area contributed by atoms with Gasteiger partial charge in [-0.1, -0.05) is 66.2 Å². The van der Waals surface area contributed by atoms with Crippen molar-refractivity contribution in [2.24, 2.45) is 5.14 Å². The van der Waals surface area contributed by atoms with Gasteiger partial charge in [-0.2, -0.15) is 10.4 Å². The van der Waals surface area contributed by atoms with E-state index in [0.717, 1.165) is 11.1 Å². The summed E-state index contributed by atoms with van der Waals surface area (Å²) in [5.74, 6) is 0. The van der Waals surface area contributed by atoms with Crippen LogP contribution in [0.3, 0.4) is 0 Å². The lowest BCUT2D eigenvalue weighted by atomic mass is 9.99. The number of sulfonamides is 1. The molecular weight excluding hydrogens is 432 g/mol. The fourth-order valence-corrected chi connectivity index (χ4v) is 3.98. The summed E-state index contributed by atoms with van der Waals surface area (Å²) in [7, 11) is -3.81. The zero-order valence-corrected chi connectivity index (χ0v) is 17.8. The normalized spacial score (nSPS) is 11.3. The molecule has 1 heterocycles. The molecule has 0 aliphatic rings. The van der Waals surface area contributed by atoms with Crippen LogP contribution in [-0.2, 0) is 16.6 Å². The molecule has 3 aromatic carbocycles. The maximum absolute atomic E-state index is 11.6. The minimum atomic E-state index is -3.81. The van der Waals surface area contributed by atoms with E-state index in [2.05, 4.69) is 6.07 Å². The number of benzene rings is 3. The number of nitrogens with zero attached hydrogens (tertiary/aromatic N) is 3. The van der Waals surface area contributed by atoms with Crippen molar-refractivity contribution < 1.29 is 8.42 Å². The summed E-state index contributed by atoms with van der Waals surface area (Å²) in [5.41, 5.74) is 4.07. The molecule has 0 atom stereocenters. The van der Waals surface area contributed by atoms with Gasteiger partial charge in [0.2, 0.25) is 10.0 Å². The molecule has 4 aromatic rings. The zero-order chi connectivity index (χ0) is 22.0. The first kappa shape index (κ1) is 20.8. The Balaban J connectivity index is 1.90. The third-order valence-electron chi connectivity index (χ3n) is 4.82. The van der Waals surface area contributed by atoms with E-state index < -0.39 is 10.0 Å². The molecule has 0 spiro atoms. The third-order valence-corrected chi connectivity index (χ3v) is 6.00. The monoisotopic (exact) mass is 448 g/mol. The minimum absolute atomic E-state index is 0.00789. The highest BCUT2D eigenvalue weighted by Crippen LogP contribution is 2.35. The van der Waals surface area contributed by atoms with Gasteiger partial charge in [0, 0.05) is 16.1 Å². The predicted octanol–water partition coefficient (Wildman–Crippen LogP) is 4.44. The van der Waals surface area contributed by atoms with E-state index in [1.54, 1.807) is 28.9 Å². The number of nitrogens with two attached hydrogens (primary N) is 1. The molecule has 0 bridgehead atoms. The van der Waals surface area contributed by atoms with Crippen molar-refractivity contribution in [2.45, 2.75) is 11.4 Å². The Morgan fingerprint density at radius 2 is 1.55 bits per heavy atom. The molecule has 0 saturated carbocycles. The van der Waals surface area contributed by atoms with Gasteiger partial charge >= 0.3 is 0 Å². The average Bonchev–Trinajstić information content (AvgIpc) is 3.12. The molecule has 0 aliphatic carbocycles. The summed E-state index contributed by atoms with van der Waals surface area (Å²) in [5, 5.41) is 20.5. The van der Waals surface area contributed by atoms with E-state index in [4.69, 9.17) is 21.8 Å². The molecule has 0 fully saturated rings. The second kappa shape index (κ2) is 8.36. The Bertz CT molecular complexity index is 1370. The van der Waals surface area contributed by atoms with E-state index >= 15 is 0 Å². The summed E-state index contributed by atoms with van der Waals surface area (Å²) in [4.78, 5) is 0.00789. The second-order valence-electron chi connectivity index (χ2n) is 6.90. The summed E-state index contributed by atoms with van der Waals surface area (Å²) in [6.07, 6.45) is 0. The van der Waals surface area contributed by atoms with Gasteiger partial charge in [0.1, 0.15) is 17.5 Å². The molecule has 0 amide bonds. The van der Waals surface area contributed by atoms with Crippen LogP contribution in [0.2, 0.25) is 5.02 Å². The van der Waals surface area contributed by atoms with Crippen LogP contribution in [0.4, 0.5) is 0 Å². The number of nitriles is 1. The van der Waals surface area contributed by atoms with Crippen molar-refractivity contribution in [1.29, 1.82) is 5.26 Å². The van der Waals surface area contributed by atoms with Crippen molar-refractivity contribution in [2.75, 3.05) is 0 Å². The van der Waals surface area contributed by atoms with Gasteiger partial charge in [-0.25, -0.2) is 18.2 Å². The first-order valence-electron chi connectivity index (χ1n) is 9.31. The van der Waals surface area contributed by atoms with Gasteiger partial charge in [-0.3, -0.25) is 0 Å². The lowest BCUT2D eigenvalue weighted by molar-refractivity contribution is 0.598. The maximum atomic E-state index is 11.6. The lowest BCUT2D eigenvalue weighted by Crippen LogP contribution is -2.11. The number of hydrogen-bond donors (Lipinski definition) is 1. The first-order valence-corrected chi connectivity index (χ1v) is 11.2. The molecule has 6 nitrogen and oxygen atoms in total. The van der Waals surface area contributed by atoms with E-state index in [1.165, 1.54) is 12.1 Å². The summed E-state index contributed by atoms with van der Waals surface area (Å²) in [6.45, 7) is 0.416. The topological polar surface area (TPSA) is 102 Å². The first-order chi connectivity index (χ1) is 14.9. The Morgan fingerprint density at radius 1 is 0.935 bits per heavy atom. The van der Waals surface area contributed by atoms with Gasteiger partial charge in [0.15, 0.2) is 0 Å². The van der Waals surface area contributed by atoms with Gasteiger partial charge in [0.05, 0.1) is 11.4 Å². The van der Waals surface area contributed by atoms with Crippen LogP contribution < -0.4 is 5.14 Å². The Kier molecular flexibility index (Phi) is 5.61. The van der Waals surface area contributed by atoms with Gasteiger partial charge in [0.25, 0.3) is 0 Å². The Hall–Kier alpha value is -3.44. The number of rotatable bonds is 5. The van der Waals surface area contributed by atoms with Crippen molar-refractivity contribution >= 4 is 21.6 Å². The average molecular weight is 449 g/mol. The molecule has 0 unspecified atom stereocenters. The summed E-state index contributed by atoms with van der Waals surface area (Å²) < 4.78 is 24.9. The van der Waals surface area contributed by atoms with Crippen molar-refractivity contribution in [3.05, 3.63) is 95.1 Å². The van der Waals surface area contributed by atoms with Crippen LogP contribution >= 0.6 is 11.6 Å². The highest BCUT2D eigenvalue weighted by molar-refractivity contribution is 7.89. The second-order valence-corrected chi connectivity index (χ2v) is 8.90. The highest BCUT2D eigenvalue weighted by atomic mass is 35.5. The quantitative estimate of drug-likeness (QED) is 0.487. The van der Waals surface area contributed by atoms with Crippen LogP contribution in [0, 0.1) is 11.3 Å². The molecular formula is C23H17ClN4O2S. The van der Waals surface area contributed by atoms with Crippen molar-refractivity contribution in [3.8, 4) is 28.5 Å². The molecule has 2 N–H and O–H groups in total. The van der Waals surface area contributed by atoms with Crippen LogP contribution in [-0.4, -0.2) is 18.2 Å². The molecule has 1 aromatic heterocycles. The Morgan fingerprint density at radius 3 is 2.13 bits per heavy atom. The van der Waals surface area contributed by atoms with E-state index in [0.29, 0.717) is 34.1 Å². The Labute approximate surface area is 185 Å². The fraction of sp³-hybridized carbons (Fsp3) is 0.0435. The highest BCUT2D eigenvalue weighted by Gasteiger charge is 2.21. The van der Waals surface area contributed by atoms with Gasteiger partial charge < -0.3 is 0 Å². The molecule has 0 aliphatic heterocycles. The maximum Gasteiger partial charge on any atom is 0.238 e. The molecule has 154 valence electrons. The lowest BCUT2D eigenvalue weighted by Gasteiger charge is -2.05. The van der Waals surface area contributed by atoms with Crippen LogP contribution in [0.5, 0.6) is 0 Å². The summed E-state index contributed by atoms with van der Waals surface area (Å²) >= 11 is 6.05. The number of halogens is 1. The van der Waals surface area contributed by atoms with E-state index in [-0.39, 0.29) is 4.90 Å². The van der Waals surface area contributed by atoms with Crippen molar-refractivity contribution in [1.82, 2.24) is 9.78 Å². The molecule has 0 saturated heterocycles. The van der Waals surface area contributed by atoms with Gasteiger partial charge in [-0.05, 0) is 35.4 Å². The number of primary sulfonamides is 1. The minimum Gasteiger partial charge on any atom is -0.249 e. The smallest absolute Gasteiger partial charge is 0.238 e. The fourth-order valence-electron chi connectivity index (χ4n) is 3.34. The molecule has 0 radical (unpaired) electrons. The zero-order valence-electron chi connectivity index (χ0n) is 16.2. The number of aromatic nitrogens is 2. The molecule has 31 heavy (non-hydrogen) atoms. The van der Waals surface area contributed by atoms with Crippen LogP contribution in [0.1, 0.15) is 11.3 Å². The van der Waals surface area contributed by atoms with Crippen molar-refractivity contribution in [3.63, 3.8) is 0 Å². The largest absolute Gasteiger partial charge is 0.249 e. The van der Waals surface area contributed by atoms with E-state index in [9.17, 15) is 13.7 Å². The number of hydrogen-bond acceptors (Lipinski definition) is 4.